The number of hydrogen-bond acceptors (Lipinski definition) is 6. The van der Waals surface area contributed by atoms with E-state index < -0.39 is 6.10 Å². The largest absolute Gasteiger partial charge is 0.462 e. The number of carbonyl (C=O) groups excluding carboxylic acids is 3. The molecule has 0 fully saturated rings. The molecule has 1 atom stereocenters. The second-order valence-electron chi connectivity index (χ2n) is 17.2. The van der Waals surface area contributed by atoms with Crippen molar-refractivity contribution in [2.45, 2.75) is 226 Å². The fourth-order valence-corrected chi connectivity index (χ4v) is 6.94. The Morgan fingerprint density at radius 3 is 0.985 bits per heavy atom. The third-order valence-corrected chi connectivity index (χ3v) is 10.9. The van der Waals surface area contributed by atoms with E-state index in [1.54, 1.807) is 0 Å². The van der Waals surface area contributed by atoms with Gasteiger partial charge in [-0.25, -0.2) is 0 Å². The first-order chi connectivity index (χ1) is 32.5. The molecule has 0 amide bonds. The maximum absolute atomic E-state index is 12.8. The van der Waals surface area contributed by atoms with E-state index >= 15 is 0 Å². The second kappa shape index (κ2) is 53.4. The highest BCUT2D eigenvalue weighted by Crippen LogP contribution is 2.14. The summed E-state index contributed by atoms with van der Waals surface area (Å²) in [5.41, 5.74) is 0. The molecule has 0 saturated carbocycles. The third-order valence-electron chi connectivity index (χ3n) is 10.9. The molecule has 0 saturated heterocycles. The standard InChI is InChI=1S/C60H96O6/c1-4-7-10-13-16-19-22-25-28-29-30-33-35-38-41-44-47-50-53-59(62)65-56-57(66-60(63)54-51-48-45-42-39-36-32-27-24-21-18-15-12-9-6-3)55-64-58(61)52-49-46-43-40-37-34-31-26-23-20-17-14-11-8-5-2/h8-9,11-12,14-15,17-18,20-21,23-24,26-27,30-33,36,39,57H,4-7,10,13,16,19,22,25,28-29,34-35,37-38,40-56H2,1-3H3/b11-8-,12-9-,17-14-,18-15-,23-20-,24-21-,31-26-,32-27-,33-30-,39-36-. The number of esters is 3. The van der Waals surface area contributed by atoms with Crippen molar-refractivity contribution in [3.05, 3.63) is 122 Å². The highest BCUT2D eigenvalue weighted by atomic mass is 16.6. The predicted molar refractivity (Wildman–Crippen MR) is 283 cm³/mol. The Labute approximate surface area is 405 Å². The van der Waals surface area contributed by atoms with E-state index in [9.17, 15) is 14.4 Å². The molecule has 0 aromatic rings. The number of carbonyl (C=O) groups is 3. The minimum absolute atomic E-state index is 0.111. The summed E-state index contributed by atoms with van der Waals surface area (Å²) < 4.78 is 16.8. The summed E-state index contributed by atoms with van der Waals surface area (Å²) in [6.45, 7) is 6.28. The fraction of sp³-hybridized carbons (Fsp3) is 0.617. The molecule has 0 radical (unpaired) electrons. The second-order valence-corrected chi connectivity index (χ2v) is 17.2. The number of hydrogen-bond donors (Lipinski definition) is 0. The van der Waals surface area contributed by atoms with Crippen LogP contribution in [0.5, 0.6) is 0 Å². The molecule has 6 heteroatoms. The normalized spacial score (nSPS) is 13.1. The third kappa shape index (κ3) is 50.8. The average molecular weight is 913 g/mol. The van der Waals surface area contributed by atoms with Gasteiger partial charge in [-0.3, -0.25) is 14.4 Å². The lowest BCUT2D eigenvalue weighted by atomic mass is 10.1. The van der Waals surface area contributed by atoms with Gasteiger partial charge in [0.2, 0.25) is 0 Å². The van der Waals surface area contributed by atoms with Crippen LogP contribution in [0.25, 0.3) is 0 Å². The first kappa shape index (κ1) is 61.8. The zero-order valence-corrected chi connectivity index (χ0v) is 42.4. The Hall–Kier alpha value is -4.19. The molecule has 0 aromatic carbocycles. The van der Waals surface area contributed by atoms with E-state index in [0.29, 0.717) is 19.3 Å². The van der Waals surface area contributed by atoms with Crippen LogP contribution in [0, 0.1) is 0 Å². The molecule has 0 aliphatic rings. The Kier molecular flexibility index (Phi) is 50.0. The lowest BCUT2D eigenvalue weighted by Crippen LogP contribution is -2.30. The first-order valence-corrected chi connectivity index (χ1v) is 26.7. The Morgan fingerprint density at radius 2 is 0.606 bits per heavy atom. The van der Waals surface area contributed by atoms with Gasteiger partial charge in [-0.1, -0.05) is 239 Å². The molecule has 0 heterocycles. The van der Waals surface area contributed by atoms with Crippen LogP contribution in [0.3, 0.4) is 0 Å². The molecule has 66 heavy (non-hydrogen) atoms. The van der Waals surface area contributed by atoms with Crippen LogP contribution in [0.2, 0.25) is 0 Å². The summed E-state index contributed by atoms with van der Waals surface area (Å²) in [6.07, 6.45) is 73.2. The SMILES string of the molecule is CC\C=C/C=C\C=C/C=C\C=C/CCCCCC(=O)OC(COC(=O)CCCCCCC\C=C/C=C\C=C/C=C\CC)COC(=O)CCCCCCC/C=C\CCCCCCCCCCC. The first-order valence-electron chi connectivity index (χ1n) is 26.7. The van der Waals surface area contributed by atoms with Gasteiger partial charge in [-0.2, -0.15) is 0 Å². The number of unbranched alkanes of at least 4 members (excludes halogenated alkanes) is 22. The molecule has 0 aromatic heterocycles. The lowest BCUT2D eigenvalue weighted by Gasteiger charge is -2.18. The number of allylic oxidation sites excluding steroid dienone is 20. The van der Waals surface area contributed by atoms with E-state index in [2.05, 4.69) is 69.4 Å². The molecule has 0 N–H and O–H groups in total. The summed E-state index contributed by atoms with van der Waals surface area (Å²) in [5.74, 6) is -0.990. The lowest BCUT2D eigenvalue weighted by molar-refractivity contribution is -0.167. The van der Waals surface area contributed by atoms with E-state index in [4.69, 9.17) is 14.2 Å². The van der Waals surface area contributed by atoms with Crippen LogP contribution in [0.15, 0.2) is 122 Å². The molecule has 0 spiro atoms. The summed E-state index contributed by atoms with van der Waals surface area (Å²) in [4.78, 5) is 38.0. The van der Waals surface area contributed by atoms with Crippen molar-refractivity contribution in [1.29, 1.82) is 0 Å². The minimum Gasteiger partial charge on any atom is -0.462 e. The minimum atomic E-state index is -0.817. The van der Waals surface area contributed by atoms with Gasteiger partial charge in [0.1, 0.15) is 13.2 Å². The smallest absolute Gasteiger partial charge is 0.306 e. The zero-order chi connectivity index (χ0) is 47.9. The zero-order valence-electron chi connectivity index (χ0n) is 42.4. The van der Waals surface area contributed by atoms with E-state index in [1.807, 2.05) is 72.9 Å². The maximum atomic E-state index is 12.8. The highest BCUT2D eigenvalue weighted by Gasteiger charge is 2.19. The van der Waals surface area contributed by atoms with Gasteiger partial charge in [0.05, 0.1) is 0 Å². The average Bonchev–Trinajstić information content (AvgIpc) is 3.31. The molecule has 0 aliphatic heterocycles. The summed E-state index contributed by atoms with van der Waals surface area (Å²) >= 11 is 0. The van der Waals surface area contributed by atoms with Crippen molar-refractivity contribution < 1.29 is 28.6 Å². The molecular weight excluding hydrogens is 817 g/mol. The van der Waals surface area contributed by atoms with Crippen LogP contribution in [-0.2, 0) is 28.6 Å². The van der Waals surface area contributed by atoms with Crippen molar-refractivity contribution in [3.8, 4) is 0 Å². The van der Waals surface area contributed by atoms with Gasteiger partial charge in [0, 0.05) is 19.3 Å². The van der Waals surface area contributed by atoms with Crippen molar-refractivity contribution >= 4 is 17.9 Å². The molecule has 0 aliphatic carbocycles. The van der Waals surface area contributed by atoms with Crippen molar-refractivity contribution in [1.82, 2.24) is 0 Å². The Morgan fingerprint density at radius 1 is 0.318 bits per heavy atom. The monoisotopic (exact) mass is 913 g/mol. The van der Waals surface area contributed by atoms with Crippen molar-refractivity contribution in [3.63, 3.8) is 0 Å². The molecule has 372 valence electrons. The molecule has 1 unspecified atom stereocenters. The van der Waals surface area contributed by atoms with Gasteiger partial charge in [0.25, 0.3) is 0 Å². The molecule has 0 rings (SSSR count). The van der Waals surface area contributed by atoms with Crippen molar-refractivity contribution in [2.24, 2.45) is 0 Å². The van der Waals surface area contributed by atoms with E-state index in [0.717, 1.165) is 103 Å². The van der Waals surface area contributed by atoms with E-state index in [1.165, 1.54) is 70.6 Å². The molecular formula is C60H96O6. The van der Waals surface area contributed by atoms with Crippen LogP contribution in [-0.4, -0.2) is 37.2 Å². The number of ether oxygens (including phenoxy) is 3. The van der Waals surface area contributed by atoms with Gasteiger partial charge in [-0.05, 0) is 83.5 Å². The van der Waals surface area contributed by atoms with Gasteiger partial charge < -0.3 is 14.2 Å². The molecule has 6 nitrogen and oxygen atoms in total. The van der Waals surface area contributed by atoms with Crippen LogP contribution in [0.4, 0.5) is 0 Å². The Bertz CT molecular complexity index is 1420. The topological polar surface area (TPSA) is 78.9 Å². The Balaban J connectivity index is 4.51. The summed E-state index contributed by atoms with van der Waals surface area (Å²) in [7, 11) is 0. The van der Waals surface area contributed by atoms with Crippen LogP contribution < -0.4 is 0 Å². The summed E-state index contributed by atoms with van der Waals surface area (Å²) in [5, 5.41) is 0. The molecule has 0 bridgehead atoms. The quantitative estimate of drug-likeness (QED) is 0.0199. The summed E-state index contributed by atoms with van der Waals surface area (Å²) in [6, 6.07) is 0. The van der Waals surface area contributed by atoms with Crippen LogP contribution in [0.1, 0.15) is 220 Å². The predicted octanol–water partition coefficient (Wildman–Crippen LogP) is 17.7. The highest BCUT2D eigenvalue weighted by molar-refractivity contribution is 5.71. The van der Waals surface area contributed by atoms with Crippen LogP contribution >= 0.6 is 0 Å². The number of rotatable bonds is 46. The van der Waals surface area contributed by atoms with Gasteiger partial charge in [-0.15, -0.1) is 0 Å². The van der Waals surface area contributed by atoms with E-state index in [-0.39, 0.29) is 37.5 Å². The fourth-order valence-electron chi connectivity index (χ4n) is 6.94. The van der Waals surface area contributed by atoms with Crippen molar-refractivity contribution in [2.75, 3.05) is 13.2 Å². The van der Waals surface area contributed by atoms with Gasteiger partial charge in [0.15, 0.2) is 6.10 Å². The van der Waals surface area contributed by atoms with Gasteiger partial charge >= 0.3 is 17.9 Å². The maximum Gasteiger partial charge on any atom is 0.306 e.